The molecule has 94 valence electrons. The normalized spacial score (nSPS) is 23.9. The monoisotopic (exact) mass is 350 g/mol. The number of esters is 1. The van der Waals surface area contributed by atoms with E-state index in [0.717, 1.165) is 16.7 Å². The van der Waals surface area contributed by atoms with E-state index in [-0.39, 0.29) is 18.1 Å². The van der Waals surface area contributed by atoms with Crippen molar-refractivity contribution < 1.29 is 9.53 Å². The number of hydrogen-bond acceptors (Lipinski definition) is 5. The molecule has 6 nitrogen and oxygen atoms in total. The quantitative estimate of drug-likeness (QED) is 0.599. The number of hydrogen-bond donors (Lipinski definition) is 2. The second-order valence-corrected chi connectivity index (χ2v) is 5.06. The number of nitrogens with zero attached hydrogens (tertiary/aromatic N) is 2. The average Bonchev–Trinajstić information content (AvgIpc) is 2.84. The summed E-state index contributed by atoms with van der Waals surface area (Å²) in [7, 11) is 0. The molecule has 7 heteroatoms. The van der Waals surface area contributed by atoms with Crippen LogP contribution in [0, 0.1) is 3.57 Å². The maximum absolute atomic E-state index is 11.9. The van der Waals surface area contributed by atoms with E-state index in [0.29, 0.717) is 12.3 Å². The lowest BCUT2D eigenvalue weighted by atomic mass is 10.2. The predicted octanol–water partition coefficient (Wildman–Crippen LogP) is 0.136. The molecule has 3 N–H and O–H groups in total. The fourth-order valence-corrected chi connectivity index (χ4v) is 2.53. The molecule has 0 aromatic carbocycles. The highest BCUT2D eigenvalue weighted by molar-refractivity contribution is 14.1. The summed E-state index contributed by atoms with van der Waals surface area (Å²) in [5.74, 6) is -0.339. The summed E-state index contributed by atoms with van der Waals surface area (Å²) in [5.41, 5.74) is 6.48. The van der Waals surface area contributed by atoms with Crippen molar-refractivity contribution >= 4 is 28.6 Å². The largest absolute Gasteiger partial charge is 0.461 e. The SMILES string of the molecule is CCOC(=O)c1c(I)cnn1[C@H]1CNC[C@H]1N. The molecule has 2 atom stereocenters. The molecule has 1 aromatic heterocycles. The van der Waals surface area contributed by atoms with E-state index in [1.165, 1.54) is 0 Å². The van der Waals surface area contributed by atoms with Gasteiger partial charge in [0, 0.05) is 19.1 Å². The van der Waals surface area contributed by atoms with Gasteiger partial charge < -0.3 is 15.8 Å². The number of nitrogens with one attached hydrogen (secondary N) is 1. The molecule has 1 aliphatic rings. The molecule has 2 rings (SSSR count). The molecular weight excluding hydrogens is 335 g/mol. The van der Waals surface area contributed by atoms with E-state index in [2.05, 4.69) is 33.0 Å². The van der Waals surface area contributed by atoms with Gasteiger partial charge in [-0.25, -0.2) is 4.79 Å². The number of halogens is 1. The van der Waals surface area contributed by atoms with Crippen LogP contribution < -0.4 is 11.1 Å². The van der Waals surface area contributed by atoms with Gasteiger partial charge in [0.25, 0.3) is 0 Å². The van der Waals surface area contributed by atoms with Gasteiger partial charge in [-0.2, -0.15) is 5.10 Å². The molecule has 0 unspecified atom stereocenters. The van der Waals surface area contributed by atoms with Crippen LogP contribution in [-0.4, -0.2) is 41.5 Å². The molecule has 0 amide bonds. The zero-order valence-electron chi connectivity index (χ0n) is 9.52. The summed E-state index contributed by atoms with van der Waals surface area (Å²) in [6.45, 7) is 3.61. The maximum Gasteiger partial charge on any atom is 0.357 e. The summed E-state index contributed by atoms with van der Waals surface area (Å²) in [6.07, 6.45) is 1.66. The Hall–Kier alpha value is -0.670. The summed E-state index contributed by atoms with van der Waals surface area (Å²) in [5, 5.41) is 7.43. The Bertz CT molecular complexity index is 420. The Morgan fingerprint density at radius 1 is 1.76 bits per heavy atom. The zero-order chi connectivity index (χ0) is 12.4. The molecule has 1 aromatic rings. The summed E-state index contributed by atoms with van der Waals surface area (Å²) in [6, 6.07) is -0.0169. The fraction of sp³-hybridized carbons (Fsp3) is 0.600. The minimum absolute atomic E-state index is 0.0120. The van der Waals surface area contributed by atoms with Crippen molar-refractivity contribution in [3.63, 3.8) is 0 Å². The molecule has 17 heavy (non-hydrogen) atoms. The lowest BCUT2D eigenvalue weighted by molar-refractivity contribution is 0.0507. The molecule has 0 radical (unpaired) electrons. The van der Waals surface area contributed by atoms with E-state index in [4.69, 9.17) is 10.5 Å². The highest BCUT2D eigenvalue weighted by Crippen LogP contribution is 2.21. The highest BCUT2D eigenvalue weighted by atomic mass is 127. The van der Waals surface area contributed by atoms with Crippen LogP contribution in [0.3, 0.4) is 0 Å². The fourth-order valence-electron chi connectivity index (χ4n) is 1.94. The first-order valence-electron chi connectivity index (χ1n) is 5.51. The molecule has 1 aliphatic heterocycles. The van der Waals surface area contributed by atoms with Gasteiger partial charge in [0.2, 0.25) is 0 Å². The summed E-state index contributed by atoms with van der Waals surface area (Å²) < 4.78 is 7.51. The van der Waals surface area contributed by atoms with Crippen LogP contribution in [0.5, 0.6) is 0 Å². The molecule has 0 saturated carbocycles. The molecule has 0 aliphatic carbocycles. The Labute approximate surface area is 113 Å². The second kappa shape index (κ2) is 5.32. The van der Waals surface area contributed by atoms with E-state index < -0.39 is 0 Å². The number of carbonyl (C=O) groups excluding carboxylic acids is 1. The second-order valence-electron chi connectivity index (χ2n) is 3.90. The van der Waals surface area contributed by atoms with Crippen molar-refractivity contribution in [2.75, 3.05) is 19.7 Å². The first-order valence-corrected chi connectivity index (χ1v) is 6.59. The van der Waals surface area contributed by atoms with Crippen LogP contribution in [-0.2, 0) is 4.74 Å². The molecule has 0 bridgehead atoms. The van der Waals surface area contributed by atoms with Crippen LogP contribution in [0.25, 0.3) is 0 Å². The average molecular weight is 350 g/mol. The van der Waals surface area contributed by atoms with Crippen molar-refractivity contribution in [1.29, 1.82) is 0 Å². The van der Waals surface area contributed by atoms with Gasteiger partial charge in [0.1, 0.15) is 0 Å². The van der Waals surface area contributed by atoms with Gasteiger partial charge in [-0.15, -0.1) is 0 Å². The lowest BCUT2D eigenvalue weighted by Gasteiger charge is -2.17. The minimum atomic E-state index is -0.339. The van der Waals surface area contributed by atoms with Gasteiger partial charge >= 0.3 is 5.97 Å². The Morgan fingerprint density at radius 3 is 3.12 bits per heavy atom. The highest BCUT2D eigenvalue weighted by Gasteiger charge is 2.30. The Morgan fingerprint density at radius 2 is 2.53 bits per heavy atom. The van der Waals surface area contributed by atoms with Crippen LogP contribution in [0.15, 0.2) is 6.20 Å². The zero-order valence-corrected chi connectivity index (χ0v) is 11.7. The van der Waals surface area contributed by atoms with Gasteiger partial charge in [0.15, 0.2) is 5.69 Å². The van der Waals surface area contributed by atoms with Gasteiger partial charge in [-0.1, -0.05) is 0 Å². The van der Waals surface area contributed by atoms with E-state index >= 15 is 0 Å². The Balaban J connectivity index is 2.31. The molecule has 1 fully saturated rings. The Kier molecular flexibility index (Phi) is 4.00. The number of nitrogens with two attached hydrogens (primary N) is 1. The topological polar surface area (TPSA) is 82.2 Å². The molecule has 2 heterocycles. The van der Waals surface area contributed by atoms with Crippen molar-refractivity contribution in [3.05, 3.63) is 15.5 Å². The van der Waals surface area contributed by atoms with Crippen molar-refractivity contribution in [2.24, 2.45) is 5.73 Å². The van der Waals surface area contributed by atoms with Crippen molar-refractivity contribution in [1.82, 2.24) is 15.1 Å². The maximum atomic E-state index is 11.9. The number of carbonyl (C=O) groups is 1. The van der Waals surface area contributed by atoms with Gasteiger partial charge in [-0.3, -0.25) is 4.68 Å². The van der Waals surface area contributed by atoms with Crippen molar-refractivity contribution in [2.45, 2.75) is 19.0 Å². The third kappa shape index (κ3) is 2.45. The van der Waals surface area contributed by atoms with E-state index in [1.54, 1.807) is 17.8 Å². The molecule has 0 spiro atoms. The van der Waals surface area contributed by atoms with Crippen LogP contribution in [0.4, 0.5) is 0 Å². The first-order chi connectivity index (χ1) is 8.15. The van der Waals surface area contributed by atoms with Crippen LogP contribution >= 0.6 is 22.6 Å². The van der Waals surface area contributed by atoms with Gasteiger partial charge in [-0.05, 0) is 29.5 Å². The third-order valence-corrected chi connectivity index (χ3v) is 3.55. The van der Waals surface area contributed by atoms with Gasteiger partial charge in [0.05, 0.1) is 22.4 Å². The summed E-state index contributed by atoms with van der Waals surface area (Å²) in [4.78, 5) is 11.9. The lowest BCUT2D eigenvalue weighted by Crippen LogP contribution is -2.33. The minimum Gasteiger partial charge on any atom is -0.461 e. The molecular formula is C10H15IN4O2. The first kappa shape index (κ1) is 12.8. The smallest absolute Gasteiger partial charge is 0.357 e. The third-order valence-electron chi connectivity index (χ3n) is 2.76. The van der Waals surface area contributed by atoms with Crippen LogP contribution in [0.1, 0.15) is 23.5 Å². The predicted molar refractivity (Wildman–Crippen MR) is 70.8 cm³/mol. The number of aromatic nitrogens is 2. The van der Waals surface area contributed by atoms with E-state index in [1.807, 2.05) is 0 Å². The standard InChI is InChI=1S/C10H15IN4O2/c1-2-17-10(16)9-6(11)3-14-15(9)8-5-13-4-7(8)12/h3,7-8,13H,2,4-5,12H2,1H3/t7-,8+/m1/s1. The van der Waals surface area contributed by atoms with Crippen molar-refractivity contribution in [3.8, 4) is 0 Å². The van der Waals surface area contributed by atoms with E-state index in [9.17, 15) is 4.79 Å². The van der Waals surface area contributed by atoms with Crippen LogP contribution in [0.2, 0.25) is 0 Å². The molecule has 1 saturated heterocycles. The number of rotatable bonds is 3. The number of ether oxygens (including phenoxy) is 1. The summed E-state index contributed by atoms with van der Waals surface area (Å²) >= 11 is 2.08.